The van der Waals surface area contributed by atoms with Crippen LogP contribution in [0.5, 0.6) is 5.75 Å². The molecule has 32 heavy (non-hydrogen) atoms. The Balaban J connectivity index is 1.85. The largest absolute Gasteiger partial charge is 0.497 e. The van der Waals surface area contributed by atoms with Crippen LogP contribution < -0.4 is 15.0 Å². The van der Waals surface area contributed by atoms with Crippen LogP contribution in [0.2, 0.25) is 0 Å². The summed E-state index contributed by atoms with van der Waals surface area (Å²) in [5.41, 5.74) is 7.78. The van der Waals surface area contributed by atoms with Gasteiger partial charge in [0.1, 0.15) is 24.7 Å². The maximum Gasteiger partial charge on any atom is 0.240 e. The Hall–Kier alpha value is -3.26. The van der Waals surface area contributed by atoms with Crippen molar-refractivity contribution in [3.8, 4) is 11.7 Å². The van der Waals surface area contributed by atoms with Gasteiger partial charge in [0.25, 0.3) is 0 Å². The van der Waals surface area contributed by atoms with E-state index in [2.05, 4.69) is 28.2 Å². The molecule has 1 saturated heterocycles. The molecule has 1 fully saturated rings. The van der Waals surface area contributed by atoms with Crippen molar-refractivity contribution in [3.63, 3.8) is 0 Å². The first kappa shape index (κ1) is 22.0. The number of ether oxygens (including phenoxy) is 1. The Kier molecular flexibility index (Phi) is 6.50. The van der Waals surface area contributed by atoms with E-state index in [-0.39, 0.29) is 11.9 Å². The fourth-order valence-electron chi connectivity index (χ4n) is 4.79. The number of rotatable bonds is 7. The van der Waals surface area contributed by atoms with E-state index in [1.54, 1.807) is 19.6 Å². The van der Waals surface area contributed by atoms with E-state index < -0.39 is 0 Å². The molecule has 168 valence electrons. The summed E-state index contributed by atoms with van der Waals surface area (Å²) in [6.45, 7) is 3.60. The number of aryl methyl sites for hydroxylation is 1. The quantitative estimate of drug-likeness (QED) is 0.575. The summed E-state index contributed by atoms with van der Waals surface area (Å²) in [4.78, 5) is 25.9. The van der Waals surface area contributed by atoms with Gasteiger partial charge in [-0.1, -0.05) is 0 Å². The van der Waals surface area contributed by atoms with Gasteiger partial charge in [0, 0.05) is 36.1 Å². The summed E-state index contributed by atoms with van der Waals surface area (Å²) in [7, 11) is 1.67. The molecular weight excluding hydrogens is 404 g/mol. The lowest BCUT2D eigenvalue weighted by molar-refractivity contribution is -0.119. The second kappa shape index (κ2) is 9.48. The highest BCUT2D eigenvalue weighted by molar-refractivity contribution is 5.74. The fourth-order valence-corrected chi connectivity index (χ4v) is 4.79. The first-order valence-electron chi connectivity index (χ1n) is 11.1. The highest BCUT2D eigenvalue weighted by atomic mass is 16.5. The molecule has 4 rings (SSSR count). The Morgan fingerprint density at radius 1 is 1.22 bits per heavy atom. The van der Waals surface area contributed by atoms with Gasteiger partial charge in [-0.2, -0.15) is 4.98 Å². The number of benzene rings is 1. The summed E-state index contributed by atoms with van der Waals surface area (Å²) in [5, 5.41) is 0. The summed E-state index contributed by atoms with van der Waals surface area (Å²) in [6, 6.07) is 10.3. The van der Waals surface area contributed by atoms with Gasteiger partial charge >= 0.3 is 0 Å². The molecule has 2 unspecified atom stereocenters. The van der Waals surface area contributed by atoms with Crippen molar-refractivity contribution < 1.29 is 9.53 Å². The van der Waals surface area contributed by atoms with Crippen molar-refractivity contribution in [1.29, 1.82) is 0 Å². The number of carbonyl (C=O) groups excluding carboxylic acids is 1. The minimum atomic E-state index is -0.269. The van der Waals surface area contributed by atoms with E-state index in [1.807, 2.05) is 29.8 Å². The predicted molar refractivity (Wildman–Crippen MR) is 123 cm³/mol. The van der Waals surface area contributed by atoms with Gasteiger partial charge in [0.15, 0.2) is 0 Å². The Bertz CT molecular complexity index is 1050. The lowest BCUT2D eigenvalue weighted by Gasteiger charge is -2.42. The van der Waals surface area contributed by atoms with E-state index in [0.717, 1.165) is 56.0 Å². The third-order valence-electron chi connectivity index (χ3n) is 6.37. The number of primary amides is 1. The van der Waals surface area contributed by atoms with E-state index in [9.17, 15) is 4.79 Å². The summed E-state index contributed by atoms with van der Waals surface area (Å²) < 4.78 is 7.74. The third kappa shape index (κ3) is 4.65. The van der Waals surface area contributed by atoms with E-state index >= 15 is 0 Å². The zero-order valence-corrected chi connectivity index (χ0v) is 18.8. The second-order valence-corrected chi connectivity index (χ2v) is 8.57. The van der Waals surface area contributed by atoms with Crippen LogP contribution in [0.1, 0.15) is 43.4 Å². The van der Waals surface area contributed by atoms with Gasteiger partial charge in [-0.15, -0.1) is 0 Å². The molecule has 2 aromatic heterocycles. The first-order valence-corrected chi connectivity index (χ1v) is 11.1. The number of likely N-dealkylation sites (tertiary alicyclic amines) is 1. The Morgan fingerprint density at radius 2 is 2.03 bits per heavy atom. The van der Waals surface area contributed by atoms with Crippen LogP contribution in [0.15, 0.2) is 49.1 Å². The van der Waals surface area contributed by atoms with Crippen LogP contribution in [-0.4, -0.2) is 45.1 Å². The number of nitrogens with two attached hydrogens (primary N) is 1. The standard InChI is InChI=1S/C24H30N6O2/c1-18-14-23(28-24(27-18)29-12-11-26-17-29)30(16-19-7-9-21(32-2)10-8-19)13-5-3-4-6-20(30)15-22(25)31/h7-12,14,17,20H,3-6,13,15-16H2,1-2H3,(H-,25,31)/p+1. The topological polar surface area (TPSA) is 95.9 Å². The molecule has 0 bridgehead atoms. The lowest BCUT2D eigenvalue weighted by Crippen LogP contribution is -2.57. The molecule has 2 atom stereocenters. The van der Waals surface area contributed by atoms with E-state index in [1.165, 1.54) is 5.56 Å². The molecule has 8 heteroatoms. The van der Waals surface area contributed by atoms with Crippen LogP contribution in [-0.2, 0) is 11.3 Å². The highest BCUT2D eigenvalue weighted by Crippen LogP contribution is 2.36. The molecule has 0 radical (unpaired) electrons. The van der Waals surface area contributed by atoms with E-state index in [4.69, 9.17) is 15.5 Å². The fraction of sp³-hybridized carbons (Fsp3) is 0.417. The van der Waals surface area contributed by atoms with Gasteiger partial charge in [-0.05, 0) is 50.5 Å². The smallest absolute Gasteiger partial charge is 0.240 e. The molecule has 3 heterocycles. The van der Waals surface area contributed by atoms with Crippen molar-refractivity contribution in [1.82, 2.24) is 24.0 Å². The minimum Gasteiger partial charge on any atom is -0.497 e. The molecule has 0 saturated carbocycles. The van der Waals surface area contributed by atoms with Crippen molar-refractivity contribution >= 4 is 11.7 Å². The molecule has 1 aromatic carbocycles. The number of methoxy groups -OCH3 is 1. The maximum atomic E-state index is 12.1. The maximum absolute atomic E-state index is 12.1. The van der Waals surface area contributed by atoms with Gasteiger partial charge in [-0.3, -0.25) is 13.8 Å². The lowest BCUT2D eigenvalue weighted by atomic mass is 10.0. The molecule has 0 aliphatic carbocycles. The number of aromatic nitrogens is 4. The molecule has 0 spiro atoms. The SMILES string of the molecule is COc1ccc(C[N+]2(c3cc(C)nc(-n4ccnc4)n3)CCCCCC2CC(N)=O)cc1. The van der Waals surface area contributed by atoms with Crippen LogP contribution in [0.25, 0.3) is 5.95 Å². The number of quaternary nitrogens is 1. The third-order valence-corrected chi connectivity index (χ3v) is 6.37. The van der Waals surface area contributed by atoms with Crippen LogP contribution in [0, 0.1) is 6.92 Å². The minimum absolute atomic E-state index is 0.0574. The van der Waals surface area contributed by atoms with Gasteiger partial charge in [-0.25, -0.2) is 9.97 Å². The van der Waals surface area contributed by atoms with Gasteiger partial charge in [0.2, 0.25) is 17.7 Å². The number of hydrogen-bond acceptors (Lipinski definition) is 5. The molecule has 1 amide bonds. The number of nitrogens with zero attached hydrogens (tertiary/aromatic N) is 5. The number of hydrogen-bond donors (Lipinski definition) is 1. The molecular formula is C24H31N6O2+. The number of imidazole rings is 1. The average molecular weight is 436 g/mol. The Morgan fingerprint density at radius 3 is 2.72 bits per heavy atom. The number of amides is 1. The van der Waals surface area contributed by atoms with Crippen LogP contribution >= 0.6 is 0 Å². The molecule has 3 aromatic rings. The van der Waals surface area contributed by atoms with Crippen LogP contribution in [0.3, 0.4) is 0 Å². The Labute approximate surface area is 188 Å². The van der Waals surface area contributed by atoms with Crippen molar-refractivity contribution in [3.05, 3.63) is 60.3 Å². The molecule has 8 nitrogen and oxygen atoms in total. The summed E-state index contributed by atoms with van der Waals surface area (Å²) in [5.74, 6) is 2.07. The predicted octanol–water partition coefficient (Wildman–Crippen LogP) is 3.30. The second-order valence-electron chi connectivity index (χ2n) is 8.57. The van der Waals surface area contributed by atoms with Gasteiger partial charge in [0.05, 0.1) is 20.1 Å². The number of carbonyl (C=O) groups is 1. The molecule has 1 aliphatic rings. The summed E-state index contributed by atoms with van der Waals surface area (Å²) >= 11 is 0. The van der Waals surface area contributed by atoms with Crippen molar-refractivity contribution in [2.24, 2.45) is 5.73 Å². The zero-order chi connectivity index (χ0) is 22.6. The van der Waals surface area contributed by atoms with E-state index in [0.29, 0.717) is 16.9 Å². The molecule has 1 aliphatic heterocycles. The zero-order valence-electron chi connectivity index (χ0n) is 18.8. The summed E-state index contributed by atoms with van der Waals surface area (Å²) in [6.07, 6.45) is 9.81. The monoisotopic (exact) mass is 435 g/mol. The van der Waals surface area contributed by atoms with Gasteiger partial charge < -0.3 is 10.5 Å². The van der Waals surface area contributed by atoms with Crippen molar-refractivity contribution in [2.45, 2.75) is 51.6 Å². The highest BCUT2D eigenvalue weighted by Gasteiger charge is 2.43. The molecule has 2 N–H and O–H groups in total. The van der Waals surface area contributed by atoms with Crippen molar-refractivity contribution in [2.75, 3.05) is 13.7 Å². The average Bonchev–Trinajstić information content (AvgIpc) is 3.25. The normalized spacial score (nSPS) is 21.1. The first-order chi connectivity index (χ1) is 15.5. The van der Waals surface area contributed by atoms with Crippen LogP contribution in [0.4, 0.5) is 5.82 Å².